The van der Waals surface area contributed by atoms with Gasteiger partial charge in [-0.3, -0.25) is 0 Å². The van der Waals surface area contributed by atoms with Gasteiger partial charge in [-0.05, 0) is 42.3 Å². The van der Waals surface area contributed by atoms with Gasteiger partial charge < -0.3 is 5.32 Å². The number of hydrogen-bond acceptors (Lipinski definition) is 2. The van der Waals surface area contributed by atoms with Gasteiger partial charge in [-0.1, -0.05) is 29.8 Å². The van der Waals surface area contributed by atoms with E-state index in [9.17, 15) is 9.65 Å². The second-order valence-electron chi connectivity index (χ2n) is 4.25. The van der Waals surface area contributed by atoms with E-state index in [1.165, 1.54) is 12.1 Å². The summed E-state index contributed by atoms with van der Waals surface area (Å²) < 4.78 is 13.4. The summed E-state index contributed by atoms with van der Waals surface area (Å²) >= 11 is 5.63. The van der Waals surface area contributed by atoms with Gasteiger partial charge in [0.15, 0.2) is 0 Å². The first kappa shape index (κ1) is 13.4. The molecule has 0 bridgehead atoms. The van der Waals surface area contributed by atoms with Gasteiger partial charge in [0.1, 0.15) is 11.9 Å². The van der Waals surface area contributed by atoms with E-state index >= 15 is 0 Å². The van der Waals surface area contributed by atoms with Gasteiger partial charge in [-0.15, -0.1) is 0 Å². The molecule has 0 aliphatic heterocycles. The molecule has 0 spiro atoms. The predicted octanol–water partition coefficient (Wildman–Crippen LogP) is 4.46. The summed E-state index contributed by atoms with van der Waals surface area (Å²) in [7, 11) is 0. The highest BCUT2D eigenvalue weighted by molar-refractivity contribution is 6.30. The predicted molar refractivity (Wildman–Crippen MR) is 74.6 cm³/mol. The van der Waals surface area contributed by atoms with Crippen LogP contribution in [0.1, 0.15) is 17.2 Å². The van der Waals surface area contributed by atoms with Gasteiger partial charge in [-0.25, -0.2) is 4.39 Å². The first-order valence-corrected chi connectivity index (χ1v) is 6.15. The van der Waals surface area contributed by atoms with Crippen molar-refractivity contribution in [1.29, 1.82) is 5.26 Å². The average molecular weight is 275 g/mol. The number of nitrogens with zero attached hydrogens (tertiary/aromatic N) is 1. The van der Waals surface area contributed by atoms with Crippen molar-refractivity contribution < 1.29 is 4.39 Å². The van der Waals surface area contributed by atoms with E-state index in [-0.39, 0.29) is 5.02 Å². The molecule has 0 saturated heterocycles. The normalized spacial score (nSPS) is 11.7. The van der Waals surface area contributed by atoms with E-state index in [2.05, 4.69) is 11.4 Å². The number of aryl methyl sites for hydroxylation is 1. The molecule has 0 aromatic heterocycles. The van der Waals surface area contributed by atoms with Gasteiger partial charge in [0, 0.05) is 5.69 Å². The molecule has 2 nitrogen and oxygen atoms in total. The molecule has 0 aliphatic carbocycles. The third-order valence-electron chi connectivity index (χ3n) is 2.74. The minimum atomic E-state index is -0.617. The maximum atomic E-state index is 13.4. The highest BCUT2D eigenvalue weighted by Crippen LogP contribution is 2.23. The average Bonchev–Trinajstić information content (AvgIpc) is 2.39. The topological polar surface area (TPSA) is 35.8 Å². The van der Waals surface area contributed by atoms with Crippen molar-refractivity contribution in [3.05, 3.63) is 64.4 Å². The highest BCUT2D eigenvalue weighted by atomic mass is 35.5. The summed E-state index contributed by atoms with van der Waals surface area (Å²) in [6.45, 7) is 1.97. The van der Waals surface area contributed by atoms with Crippen molar-refractivity contribution >= 4 is 17.3 Å². The molecule has 4 heteroatoms. The summed E-state index contributed by atoms with van der Waals surface area (Å²) in [5, 5.41) is 12.3. The summed E-state index contributed by atoms with van der Waals surface area (Å²) in [6, 6.07) is 13.5. The van der Waals surface area contributed by atoms with Crippen LogP contribution in [0.25, 0.3) is 0 Å². The Morgan fingerprint density at radius 1 is 1.26 bits per heavy atom. The van der Waals surface area contributed by atoms with E-state index in [0.717, 1.165) is 11.3 Å². The Hall–Kier alpha value is -2.05. The van der Waals surface area contributed by atoms with Crippen LogP contribution in [0.3, 0.4) is 0 Å². The van der Waals surface area contributed by atoms with Crippen molar-refractivity contribution in [3.63, 3.8) is 0 Å². The van der Waals surface area contributed by atoms with Crippen molar-refractivity contribution in [3.8, 4) is 6.07 Å². The van der Waals surface area contributed by atoms with Crippen LogP contribution in [0.4, 0.5) is 10.1 Å². The second-order valence-corrected chi connectivity index (χ2v) is 4.66. The van der Waals surface area contributed by atoms with Gasteiger partial charge in [0.25, 0.3) is 0 Å². The summed E-state index contributed by atoms with van der Waals surface area (Å²) in [6.07, 6.45) is 0. The van der Waals surface area contributed by atoms with E-state index in [4.69, 9.17) is 11.6 Å². The van der Waals surface area contributed by atoms with Crippen molar-refractivity contribution in [2.24, 2.45) is 0 Å². The number of anilines is 1. The lowest BCUT2D eigenvalue weighted by atomic mass is 10.1. The van der Waals surface area contributed by atoms with Gasteiger partial charge >= 0.3 is 0 Å². The number of halogens is 2. The molecule has 2 aromatic carbocycles. The smallest absolute Gasteiger partial charge is 0.142 e. The third kappa shape index (κ3) is 3.24. The molecule has 1 atom stereocenters. The van der Waals surface area contributed by atoms with Gasteiger partial charge in [-0.2, -0.15) is 5.26 Å². The first-order valence-electron chi connectivity index (χ1n) is 5.78. The van der Waals surface area contributed by atoms with Crippen LogP contribution in [0.5, 0.6) is 0 Å². The number of nitrogens with one attached hydrogen (secondary N) is 1. The second kappa shape index (κ2) is 5.73. The van der Waals surface area contributed by atoms with Crippen LogP contribution in [0.2, 0.25) is 5.02 Å². The Bertz CT molecular complexity index is 634. The van der Waals surface area contributed by atoms with E-state index in [1.807, 2.05) is 31.2 Å². The quantitative estimate of drug-likeness (QED) is 0.897. The van der Waals surface area contributed by atoms with Crippen LogP contribution < -0.4 is 5.32 Å². The largest absolute Gasteiger partial charge is 0.366 e. The Kier molecular flexibility index (Phi) is 4.03. The van der Waals surface area contributed by atoms with E-state index in [0.29, 0.717) is 5.56 Å². The molecule has 96 valence electrons. The van der Waals surface area contributed by atoms with Crippen LogP contribution in [-0.4, -0.2) is 0 Å². The molecule has 0 radical (unpaired) electrons. The van der Waals surface area contributed by atoms with Crippen molar-refractivity contribution in [1.82, 2.24) is 0 Å². The van der Waals surface area contributed by atoms with E-state index < -0.39 is 11.9 Å². The van der Waals surface area contributed by atoms with Gasteiger partial charge in [0.2, 0.25) is 0 Å². The third-order valence-corrected chi connectivity index (χ3v) is 3.04. The fraction of sp³-hybridized carbons (Fsp3) is 0.133. The Morgan fingerprint density at radius 2 is 2.05 bits per heavy atom. The molecule has 0 saturated carbocycles. The maximum Gasteiger partial charge on any atom is 0.142 e. The molecule has 2 rings (SSSR count). The summed E-state index contributed by atoms with van der Waals surface area (Å²) in [5.41, 5.74) is 2.46. The van der Waals surface area contributed by atoms with E-state index in [1.54, 1.807) is 6.07 Å². The lowest BCUT2D eigenvalue weighted by molar-refractivity contribution is 0.625. The molecule has 0 heterocycles. The van der Waals surface area contributed by atoms with Crippen molar-refractivity contribution in [2.45, 2.75) is 13.0 Å². The molecule has 0 fully saturated rings. The number of hydrogen-bond donors (Lipinski definition) is 1. The molecule has 0 amide bonds. The molecule has 0 aliphatic rings. The molecular formula is C15H12ClFN2. The zero-order chi connectivity index (χ0) is 13.8. The van der Waals surface area contributed by atoms with Crippen LogP contribution in [-0.2, 0) is 0 Å². The van der Waals surface area contributed by atoms with Crippen LogP contribution in [0.15, 0.2) is 42.5 Å². The maximum absolute atomic E-state index is 13.4. The number of benzene rings is 2. The Morgan fingerprint density at radius 3 is 2.68 bits per heavy atom. The molecule has 1 N–H and O–H groups in total. The molecular weight excluding hydrogens is 263 g/mol. The first-order chi connectivity index (χ1) is 9.10. The molecule has 1 unspecified atom stereocenters. The monoisotopic (exact) mass is 274 g/mol. The molecule has 19 heavy (non-hydrogen) atoms. The standard InChI is InChI=1S/C15H12ClFN2/c1-10-3-2-4-12(7-10)19-15(9-18)11-5-6-13(16)14(17)8-11/h2-8,15,19H,1H3. The summed E-state index contributed by atoms with van der Waals surface area (Å²) in [5.74, 6) is -0.523. The fourth-order valence-electron chi connectivity index (χ4n) is 1.78. The highest BCUT2D eigenvalue weighted by Gasteiger charge is 2.12. The lowest BCUT2D eigenvalue weighted by Gasteiger charge is -2.14. The Labute approximate surface area is 116 Å². The zero-order valence-corrected chi connectivity index (χ0v) is 11.1. The number of nitriles is 1. The summed E-state index contributed by atoms with van der Waals surface area (Å²) in [4.78, 5) is 0. The fourth-order valence-corrected chi connectivity index (χ4v) is 1.90. The minimum Gasteiger partial charge on any atom is -0.366 e. The van der Waals surface area contributed by atoms with Crippen LogP contribution in [0, 0.1) is 24.1 Å². The number of rotatable bonds is 3. The minimum absolute atomic E-state index is 0.0518. The van der Waals surface area contributed by atoms with Crippen molar-refractivity contribution in [2.75, 3.05) is 5.32 Å². The SMILES string of the molecule is Cc1cccc(NC(C#N)c2ccc(Cl)c(F)c2)c1. The Balaban J connectivity index is 2.25. The zero-order valence-electron chi connectivity index (χ0n) is 10.3. The molecule has 2 aromatic rings. The van der Waals surface area contributed by atoms with Gasteiger partial charge in [0.05, 0.1) is 11.1 Å². The van der Waals surface area contributed by atoms with Crippen LogP contribution >= 0.6 is 11.6 Å². The lowest BCUT2D eigenvalue weighted by Crippen LogP contribution is -2.08.